The summed E-state index contributed by atoms with van der Waals surface area (Å²) in [6.07, 6.45) is 1.64. The molecule has 1 heterocycles. The quantitative estimate of drug-likeness (QED) is 0.540. The largest absolute Gasteiger partial charge is 0.253 e. The van der Waals surface area contributed by atoms with Gasteiger partial charge in [0.25, 0.3) is 0 Å². The van der Waals surface area contributed by atoms with Crippen LogP contribution in [0.4, 0.5) is 9.52 Å². The van der Waals surface area contributed by atoms with Gasteiger partial charge in [-0.2, -0.15) is 5.10 Å². The molecule has 3 rings (SSSR count). The zero-order valence-corrected chi connectivity index (χ0v) is 13.7. The molecule has 0 spiro atoms. The van der Waals surface area contributed by atoms with Crippen LogP contribution in [-0.4, -0.2) is 11.2 Å². The van der Waals surface area contributed by atoms with E-state index in [1.165, 1.54) is 34.6 Å². The molecular weight excluding hydrogens is 309 g/mol. The third-order valence-corrected chi connectivity index (χ3v) is 4.30. The molecule has 23 heavy (non-hydrogen) atoms. The highest BCUT2D eigenvalue weighted by molar-refractivity contribution is 7.14. The maximum atomic E-state index is 12.8. The van der Waals surface area contributed by atoms with E-state index in [4.69, 9.17) is 0 Å². The van der Waals surface area contributed by atoms with Crippen molar-refractivity contribution in [3.8, 4) is 11.3 Å². The van der Waals surface area contributed by atoms with Crippen molar-refractivity contribution in [3.63, 3.8) is 0 Å². The number of halogens is 1. The Morgan fingerprint density at radius 3 is 2.61 bits per heavy atom. The molecule has 1 aromatic heterocycles. The lowest BCUT2D eigenvalue weighted by molar-refractivity contribution is 0.628. The summed E-state index contributed by atoms with van der Waals surface area (Å²) < 4.78 is 12.8. The van der Waals surface area contributed by atoms with Crippen LogP contribution in [0.15, 0.2) is 52.9 Å². The van der Waals surface area contributed by atoms with Crippen molar-refractivity contribution in [2.75, 3.05) is 5.43 Å². The van der Waals surface area contributed by atoms with Crippen LogP contribution >= 0.6 is 11.3 Å². The van der Waals surface area contributed by atoms with Crippen LogP contribution in [0.25, 0.3) is 11.3 Å². The predicted octanol–water partition coefficient (Wildman–Crippen LogP) is 5.01. The number of aromatic nitrogens is 1. The topological polar surface area (TPSA) is 37.3 Å². The Bertz CT molecular complexity index is 838. The molecule has 0 saturated carbocycles. The summed E-state index contributed by atoms with van der Waals surface area (Å²) in [5.74, 6) is -0.256. The summed E-state index contributed by atoms with van der Waals surface area (Å²) in [5, 5.41) is 6.85. The molecule has 0 radical (unpaired) electrons. The summed E-state index contributed by atoms with van der Waals surface area (Å²) in [5.41, 5.74) is 8.28. The smallest absolute Gasteiger partial charge is 0.203 e. The van der Waals surface area contributed by atoms with Gasteiger partial charge in [-0.05, 0) is 48.7 Å². The highest BCUT2D eigenvalue weighted by Crippen LogP contribution is 2.26. The van der Waals surface area contributed by atoms with Crippen molar-refractivity contribution in [2.24, 2.45) is 5.10 Å². The molecule has 3 aromatic rings. The lowest BCUT2D eigenvalue weighted by Gasteiger charge is -2.02. The maximum Gasteiger partial charge on any atom is 0.203 e. The van der Waals surface area contributed by atoms with Crippen LogP contribution in [0.3, 0.4) is 0 Å². The lowest BCUT2D eigenvalue weighted by Crippen LogP contribution is -1.90. The van der Waals surface area contributed by atoms with Gasteiger partial charge in [0.2, 0.25) is 5.13 Å². The van der Waals surface area contributed by atoms with Crippen molar-refractivity contribution < 1.29 is 4.39 Å². The van der Waals surface area contributed by atoms with Crippen LogP contribution in [0.5, 0.6) is 0 Å². The Morgan fingerprint density at radius 1 is 1.09 bits per heavy atom. The van der Waals surface area contributed by atoms with Gasteiger partial charge in [-0.15, -0.1) is 11.3 Å². The molecule has 116 valence electrons. The Hall–Kier alpha value is -2.53. The number of benzene rings is 2. The summed E-state index contributed by atoms with van der Waals surface area (Å²) in [4.78, 5) is 4.53. The predicted molar refractivity (Wildman–Crippen MR) is 94.6 cm³/mol. The minimum atomic E-state index is -0.256. The average molecular weight is 325 g/mol. The lowest BCUT2D eigenvalue weighted by atomic mass is 10.1. The highest BCUT2D eigenvalue weighted by Gasteiger charge is 2.05. The monoisotopic (exact) mass is 325 g/mol. The van der Waals surface area contributed by atoms with Crippen molar-refractivity contribution in [1.82, 2.24) is 4.98 Å². The SMILES string of the molecule is Cc1ccc(-c2csc(N/N=C\c3ccc(F)cc3)n2)cc1C. The first-order valence-corrected chi connectivity index (χ1v) is 8.07. The Balaban J connectivity index is 1.69. The molecule has 0 bridgehead atoms. The Labute approximate surface area is 138 Å². The van der Waals surface area contributed by atoms with Crippen molar-refractivity contribution in [1.29, 1.82) is 0 Å². The van der Waals surface area contributed by atoms with Crippen LogP contribution in [0, 0.1) is 19.7 Å². The number of nitrogens with one attached hydrogen (secondary N) is 1. The summed E-state index contributed by atoms with van der Waals surface area (Å²) >= 11 is 1.50. The fourth-order valence-electron chi connectivity index (χ4n) is 2.07. The molecule has 0 aliphatic heterocycles. The molecule has 5 heteroatoms. The number of anilines is 1. The third kappa shape index (κ3) is 3.81. The second kappa shape index (κ2) is 6.71. The fourth-order valence-corrected chi connectivity index (χ4v) is 2.74. The Kier molecular flexibility index (Phi) is 4.48. The first kappa shape index (κ1) is 15.4. The number of nitrogens with zero attached hydrogens (tertiary/aromatic N) is 2. The molecule has 1 N–H and O–H groups in total. The van der Waals surface area contributed by atoms with Gasteiger partial charge in [-0.25, -0.2) is 9.37 Å². The maximum absolute atomic E-state index is 12.8. The molecule has 0 saturated heterocycles. The van der Waals surface area contributed by atoms with Gasteiger partial charge in [0, 0.05) is 10.9 Å². The van der Waals surface area contributed by atoms with Gasteiger partial charge < -0.3 is 0 Å². The van der Waals surface area contributed by atoms with E-state index >= 15 is 0 Å². The van der Waals surface area contributed by atoms with E-state index in [-0.39, 0.29) is 5.82 Å². The first-order valence-electron chi connectivity index (χ1n) is 7.19. The fraction of sp³-hybridized carbons (Fsp3) is 0.111. The van der Waals surface area contributed by atoms with Gasteiger partial charge in [0.05, 0.1) is 11.9 Å². The second-order valence-corrected chi connectivity index (χ2v) is 6.12. The molecule has 0 amide bonds. The first-order chi connectivity index (χ1) is 11.1. The zero-order valence-electron chi connectivity index (χ0n) is 12.9. The van der Waals surface area contributed by atoms with Crippen molar-refractivity contribution in [3.05, 3.63) is 70.4 Å². The molecule has 0 aliphatic rings. The van der Waals surface area contributed by atoms with Gasteiger partial charge in [0.1, 0.15) is 5.82 Å². The minimum absolute atomic E-state index is 0.256. The number of thiazole rings is 1. The van der Waals surface area contributed by atoms with E-state index in [2.05, 4.69) is 47.6 Å². The molecule has 0 aliphatic carbocycles. The standard InChI is InChI=1S/C18H16FN3S/c1-12-3-6-15(9-13(12)2)17-11-23-18(21-17)22-20-10-14-4-7-16(19)8-5-14/h3-11H,1-2H3,(H,21,22)/b20-10-. The van der Waals surface area contributed by atoms with Crippen LogP contribution in [0.2, 0.25) is 0 Å². The van der Waals surface area contributed by atoms with E-state index in [1.54, 1.807) is 18.3 Å². The van der Waals surface area contributed by atoms with E-state index in [9.17, 15) is 4.39 Å². The average Bonchev–Trinajstić information content (AvgIpc) is 3.01. The highest BCUT2D eigenvalue weighted by atomic mass is 32.1. The molecular formula is C18H16FN3S. The second-order valence-electron chi connectivity index (χ2n) is 5.26. The normalized spacial score (nSPS) is 11.1. The number of rotatable bonds is 4. The van der Waals surface area contributed by atoms with E-state index < -0.39 is 0 Å². The van der Waals surface area contributed by atoms with Crippen LogP contribution < -0.4 is 5.43 Å². The summed E-state index contributed by atoms with van der Waals surface area (Å²) in [6.45, 7) is 4.19. The van der Waals surface area contributed by atoms with Gasteiger partial charge in [-0.3, -0.25) is 5.43 Å². The minimum Gasteiger partial charge on any atom is -0.253 e. The molecule has 2 aromatic carbocycles. The van der Waals surface area contributed by atoms with Gasteiger partial charge >= 0.3 is 0 Å². The summed E-state index contributed by atoms with van der Waals surface area (Å²) in [7, 11) is 0. The number of aryl methyl sites for hydroxylation is 2. The Morgan fingerprint density at radius 2 is 1.87 bits per heavy atom. The van der Waals surface area contributed by atoms with Crippen molar-refractivity contribution in [2.45, 2.75) is 13.8 Å². The van der Waals surface area contributed by atoms with E-state index in [0.29, 0.717) is 0 Å². The third-order valence-electron chi connectivity index (χ3n) is 3.55. The zero-order chi connectivity index (χ0) is 16.2. The molecule has 0 unspecified atom stereocenters. The van der Waals surface area contributed by atoms with Crippen LogP contribution in [0.1, 0.15) is 16.7 Å². The molecule has 0 atom stereocenters. The molecule has 3 nitrogen and oxygen atoms in total. The van der Waals surface area contributed by atoms with Gasteiger partial charge in [0.15, 0.2) is 0 Å². The number of hydrazone groups is 1. The van der Waals surface area contributed by atoms with Crippen LogP contribution in [-0.2, 0) is 0 Å². The van der Waals surface area contributed by atoms with E-state index in [0.717, 1.165) is 22.0 Å². The van der Waals surface area contributed by atoms with E-state index in [1.807, 2.05) is 5.38 Å². The molecule has 0 fully saturated rings. The number of hydrogen-bond acceptors (Lipinski definition) is 4. The number of hydrogen-bond donors (Lipinski definition) is 1. The summed E-state index contributed by atoms with van der Waals surface area (Å²) in [6, 6.07) is 12.5. The van der Waals surface area contributed by atoms with Crippen molar-refractivity contribution >= 4 is 22.7 Å². The van der Waals surface area contributed by atoms with Gasteiger partial charge in [-0.1, -0.05) is 24.3 Å².